The first kappa shape index (κ1) is 22.6. The molecule has 7 heteroatoms. The maximum atomic E-state index is 13.2. The second-order valence-corrected chi connectivity index (χ2v) is 8.02. The van der Waals surface area contributed by atoms with Crippen LogP contribution in [0, 0.1) is 12.7 Å². The summed E-state index contributed by atoms with van der Waals surface area (Å²) >= 11 is 0. The number of ether oxygens (including phenoxy) is 1. The van der Waals surface area contributed by atoms with Crippen molar-refractivity contribution in [2.24, 2.45) is 0 Å². The molecule has 0 bridgehead atoms. The number of anilines is 1. The van der Waals surface area contributed by atoms with Gasteiger partial charge in [-0.3, -0.25) is 9.59 Å². The van der Waals surface area contributed by atoms with Crippen molar-refractivity contribution in [1.82, 2.24) is 4.90 Å². The first-order valence-corrected chi connectivity index (χ1v) is 10.7. The molecule has 0 saturated carbocycles. The van der Waals surface area contributed by atoms with Crippen LogP contribution < -0.4 is 5.32 Å². The van der Waals surface area contributed by atoms with E-state index in [1.807, 2.05) is 37.3 Å². The Labute approximate surface area is 191 Å². The summed E-state index contributed by atoms with van der Waals surface area (Å²) in [6, 6.07) is 19.8. The van der Waals surface area contributed by atoms with Crippen molar-refractivity contribution in [3.8, 4) is 0 Å². The molecule has 3 aromatic carbocycles. The molecule has 2 amide bonds. The maximum Gasteiger partial charge on any atom is 0.255 e. The highest BCUT2D eigenvalue weighted by atomic mass is 19.1. The van der Waals surface area contributed by atoms with Gasteiger partial charge >= 0.3 is 0 Å². The van der Waals surface area contributed by atoms with Crippen molar-refractivity contribution in [3.05, 3.63) is 101 Å². The van der Waals surface area contributed by atoms with E-state index in [-0.39, 0.29) is 37.4 Å². The largest absolute Gasteiger partial charge is 0.394 e. The fourth-order valence-electron chi connectivity index (χ4n) is 3.99. The lowest BCUT2D eigenvalue weighted by molar-refractivity contribution is -0.162. The van der Waals surface area contributed by atoms with Gasteiger partial charge in [0, 0.05) is 17.8 Å². The van der Waals surface area contributed by atoms with Crippen LogP contribution in [0.15, 0.2) is 72.8 Å². The Morgan fingerprint density at radius 3 is 2.45 bits per heavy atom. The van der Waals surface area contributed by atoms with Crippen molar-refractivity contribution in [2.75, 3.05) is 18.5 Å². The second kappa shape index (κ2) is 9.94. The highest BCUT2D eigenvalue weighted by Crippen LogP contribution is 2.31. The number of carbonyl (C=O) groups excluding carboxylic acids is 2. The van der Waals surface area contributed by atoms with E-state index in [9.17, 15) is 19.1 Å². The first-order valence-electron chi connectivity index (χ1n) is 10.7. The van der Waals surface area contributed by atoms with E-state index in [0.29, 0.717) is 11.3 Å². The van der Waals surface area contributed by atoms with E-state index in [0.717, 1.165) is 16.7 Å². The van der Waals surface area contributed by atoms with Gasteiger partial charge in [-0.05, 0) is 53.9 Å². The van der Waals surface area contributed by atoms with Gasteiger partial charge in [0.05, 0.1) is 12.6 Å². The van der Waals surface area contributed by atoms with E-state index < -0.39 is 12.1 Å². The number of nitrogens with zero attached hydrogens (tertiary/aromatic N) is 1. The Bertz CT molecular complexity index is 1130. The number of rotatable bonds is 6. The minimum Gasteiger partial charge on any atom is -0.394 e. The van der Waals surface area contributed by atoms with Crippen LogP contribution in [-0.2, 0) is 16.1 Å². The summed E-state index contributed by atoms with van der Waals surface area (Å²) in [7, 11) is 0. The Morgan fingerprint density at radius 2 is 1.79 bits per heavy atom. The third kappa shape index (κ3) is 5.10. The van der Waals surface area contributed by atoms with Crippen LogP contribution >= 0.6 is 0 Å². The van der Waals surface area contributed by atoms with Gasteiger partial charge in [-0.25, -0.2) is 4.39 Å². The highest BCUT2D eigenvalue weighted by Gasteiger charge is 2.37. The van der Waals surface area contributed by atoms with Crippen LogP contribution in [0.5, 0.6) is 0 Å². The molecule has 0 aliphatic carbocycles. The molecule has 0 spiro atoms. The van der Waals surface area contributed by atoms with E-state index >= 15 is 0 Å². The third-order valence-corrected chi connectivity index (χ3v) is 5.80. The van der Waals surface area contributed by atoms with Crippen molar-refractivity contribution in [3.63, 3.8) is 0 Å². The van der Waals surface area contributed by atoms with Gasteiger partial charge in [0.15, 0.2) is 0 Å². The van der Waals surface area contributed by atoms with Crippen LogP contribution in [-0.4, -0.2) is 41.1 Å². The Balaban J connectivity index is 1.49. The Morgan fingerprint density at radius 1 is 1.09 bits per heavy atom. The highest BCUT2D eigenvalue weighted by molar-refractivity contribution is 6.05. The molecule has 6 nitrogen and oxygen atoms in total. The summed E-state index contributed by atoms with van der Waals surface area (Å²) in [5.41, 5.74) is 3.66. The number of aryl methyl sites for hydroxylation is 1. The number of hydrogen-bond acceptors (Lipinski definition) is 4. The van der Waals surface area contributed by atoms with Gasteiger partial charge in [-0.1, -0.05) is 42.5 Å². The van der Waals surface area contributed by atoms with Gasteiger partial charge in [-0.2, -0.15) is 0 Å². The molecular formula is C26H25FN2O4. The molecule has 2 unspecified atom stereocenters. The Kier molecular flexibility index (Phi) is 6.82. The van der Waals surface area contributed by atoms with E-state index in [2.05, 4.69) is 5.32 Å². The lowest BCUT2D eigenvalue weighted by Gasteiger charge is -2.40. The van der Waals surface area contributed by atoms with Crippen molar-refractivity contribution >= 4 is 17.5 Å². The number of carbonyl (C=O) groups is 2. The molecule has 4 rings (SSSR count). The first-order chi connectivity index (χ1) is 16.0. The van der Waals surface area contributed by atoms with E-state index in [1.165, 1.54) is 12.1 Å². The molecule has 2 N–H and O–H groups in total. The number of aliphatic hydroxyl groups excluding tert-OH is 1. The molecule has 3 aromatic rings. The fraction of sp³-hybridized carbons (Fsp3) is 0.231. The predicted octanol–water partition coefficient (Wildman–Crippen LogP) is 3.85. The summed E-state index contributed by atoms with van der Waals surface area (Å²) in [5, 5.41) is 13.0. The SMILES string of the molecule is Cc1ccccc1C(=O)Nc1ccc(C2OCC(=O)N(Cc3ccc(F)cc3)C2CO)cc1. The van der Waals surface area contributed by atoms with Gasteiger partial charge in [0.2, 0.25) is 5.91 Å². The van der Waals surface area contributed by atoms with E-state index in [1.54, 1.807) is 35.2 Å². The lowest BCUT2D eigenvalue weighted by Crippen LogP contribution is -2.52. The molecule has 0 radical (unpaired) electrons. The monoisotopic (exact) mass is 448 g/mol. The number of benzene rings is 3. The van der Waals surface area contributed by atoms with Crippen LogP contribution in [0.1, 0.15) is 33.2 Å². The number of aliphatic hydroxyl groups is 1. The summed E-state index contributed by atoms with van der Waals surface area (Å²) in [6.45, 7) is 1.72. The Hall–Kier alpha value is -3.55. The average molecular weight is 448 g/mol. The normalized spacial score (nSPS) is 18.3. The van der Waals surface area contributed by atoms with Gasteiger partial charge in [-0.15, -0.1) is 0 Å². The second-order valence-electron chi connectivity index (χ2n) is 8.02. The average Bonchev–Trinajstić information content (AvgIpc) is 2.82. The van der Waals surface area contributed by atoms with Crippen molar-refractivity contribution < 1.29 is 23.8 Å². The topological polar surface area (TPSA) is 78.9 Å². The number of hydrogen-bond donors (Lipinski definition) is 2. The summed E-state index contributed by atoms with van der Waals surface area (Å²) < 4.78 is 19.0. The van der Waals surface area contributed by atoms with Crippen LogP contribution in [0.3, 0.4) is 0 Å². The van der Waals surface area contributed by atoms with Crippen LogP contribution in [0.2, 0.25) is 0 Å². The van der Waals surface area contributed by atoms with Gasteiger partial charge < -0.3 is 20.1 Å². The zero-order valence-electron chi connectivity index (χ0n) is 18.2. The number of amides is 2. The summed E-state index contributed by atoms with van der Waals surface area (Å²) in [6.07, 6.45) is -0.533. The molecule has 170 valence electrons. The smallest absolute Gasteiger partial charge is 0.255 e. The van der Waals surface area contributed by atoms with Crippen molar-refractivity contribution in [1.29, 1.82) is 0 Å². The number of nitrogens with one attached hydrogen (secondary N) is 1. The van der Waals surface area contributed by atoms with Gasteiger partial charge in [0.1, 0.15) is 18.5 Å². The molecule has 1 aliphatic rings. The molecule has 1 heterocycles. The summed E-state index contributed by atoms with van der Waals surface area (Å²) in [5.74, 6) is -0.783. The minimum atomic E-state index is -0.594. The predicted molar refractivity (Wildman–Crippen MR) is 122 cm³/mol. The maximum absolute atomic E-state index is 13.2. The fourth-order valence-corrected chi connectivity index (χ4v) is 3.99. The molecular weight excluding hydrogens is 423 g/mol. The minimum absolute atomic E-state index is 0.117. The molecule has 1 fully saturated rings. The van der Waals surface area contributed by atoms with Crippen LogP contribution in [0.4, 0.5) is 10.1 Å². The number of morpholine rings is 1. The van der Waals surface area contributed by atoms with Crippen molar-refractivity contribution in [2.45, 2.75) is 25.6 Å². The lowest BCUT2D eigenvalue weighted by atomic mass is 9.98. The quantitative estimate of drug-likeness (QED) is 0.601. The summed E-state index contributed by atoms with van der Waals surface area (Å²) in [4.78, 5) is 26.6. The van der Waals surface area contributed by atoms with Crippen LogP contribution in [0.25, 0.3) is 0 Å². The number of halogens is 1. The molecule has 1 aliphatic heterocycles. The molecule has 2 atom stereocenters. The zero-order chi connectivity index (χ0) is 23.4. The standard InChI is InChI=1S/C26H25FN2O4/c1-17-4-2-3-5-22(17)26(32)28-21-12-8-19(9-13-21)25-23(15-30)29(24(31)16-33-25)14-18-6-10-20(27)11-7-18/h2-13,23,25,30H,14-16H2,1H3,(H,28,32). The van der Waals surface area contributed by atoms with Gasteiger partial charge in [0.25, 0.3) is 5.91 Å². The molecule has 0 aromatic heterocycles. The molecule has 33 heavy (non-hydrogen) atoms. The molecule has 1 saturated heterocycles. The van der Waals surface area contributed by atoms with E-state index in [4.69, 9.17) is 4.74 Å². The zero-order valence-corrected chi connectivity index (χ0v) is 18.2. The third-order valence-electron chi connectivity index (χ3n) is 5.80.